The number of aliphatic hydroxyl groups excluding tert-OH is 1. The first kappa shape index (κ1) is 9.85. The van der Waals surface area contributed by atoms with Crippen LogP contribution in [-0.4, -0.2) is 23.1 Å². The molecule has 0 radical (unpaired) electrons. The highest BCUT2D eigenvalue weighted by Gasteiger charge is 2.43. The van der Waals surface area contributed by atoms with Crippen molar-refractivity contribution in [2.75, 3.05) is 0 Å². The van der Waals surface area contributed by atoms with Gasteiger partial charge in [-0.15, -0.1) is 0 Å². The van der Waals surface area contributed by atoms with Gasteiger partial charge in [-0.3, -0.25) is 4.79 Å². The van der Waals surface area contributed by atoms with E-state index < -0.39 is 6.10 Å². The van der Waals surface area contributed by atoms with E-state index in [1.165, 1.54) is 0 Å². The Hall–Kier alpha value is -1.35. The fourth-order valence-corrected chi connectivity index (χ4v) is 2.73. The highest BCUT2D eigenvalue weighted by atomic mass is 16.5. The molecule has 1 N–H and O–H groups in total. The molecule has 0 bridgehead atoms. The zero-order valence-electron chi connectivity index (χ0n) is 8.93. The minimum Gasteiger partial charge on any atom is -0.489 e. The summed E-state index contributed by atoms with van der Waals surface area (Å²) in [5.41, 5.74) is 0.615. The Kier molecular flexibility index (Phi) is 2.21. The van der Waals surface area contributed by atoms with Crippen LogP contribution in [0.3, 0.4) is 0 Å². The molecule has 1 aliphatic heterocycles. The summed E-state index contributed by atoms with van der Waals surface area (Å²) in [7, 11) is 0. The summed E-state index contributed by atoms with van der Waals surface area (Å²) < 4.78 is 5.80. The zero-order chi connectivity index (χ0) is 11.1. The van der Waals surface area contributed by atoms with E-state index in [2.05, 4.69) is 0 Å². The van der Waals surface area contributed by atoms with Crippen LogP contribution in [0, 0.1) is 5.92 Å². The molecule has 3 rings (SSSR count). The summed E-state index contributed by atoms with van der Waals surface area (Å²) in [5, 5.41) is 9.90. The summed E-state index contributed by atoms with van der Waals surface area (Å²) >= 11 is 0. The van der Waals surface area contributed by atoms with Gasteiger partial charge in [0.25, 0.3) is 0 Å². The average Bonchev–Trinajstić information content (AvgIpc) is 2.29. The van der Waals surface area contributed by atoms with E-state index in [-0.39, 0.29) is 17.8 Å². The number of Topliss-reactive ketones (excluding diaryl/α,β-unsaturated/α-hetero) is 1. The standard InChI is InChI=1S/C13H14O3/c14-9-5-3-7-11-12(9)13(15)8-4-1-2-6-10(8)16-11/h1-2,4,6,9,11-12,14H,3,5,7H2/t9-,11+,12-/m1/s1. The van der Waals surface area contributed by atoms with E-state index in [1.807, 2.05) is 18.2 Å². The van der Waals surface area contributed by atoms with Crippen LogP contribution in [0.15, 0.2) is 24.3 Å². The van der Waals surface area contributed by atoms with Gasteiger partial charge in [0.2, 0.25) is 0 Å². The maximum absolute atomic E-state index is 12.2. The van der Waals surface area contributed by atoms with Crippen molar-refractivity contribution in [2.45, 2.75) is 31.5 Å². The number of carbonyl (C=O) groups excluding carboxylic acids is 1. The van der Waals surface area contributed by atoms with Gasteiger partial charge in [0, 0.05) is 0 Å². The van der Waals surface area contributed by atoms with Gasteiger partial charge in [-0.05, 0) is 31.4 Å². The zero-order valence-corrected chi connectivity index (χ0v) is 8.93. The van der Waals surface area contributed by atoms with Crippen LogP contribution in [0.5, 0.6) is 5.75 Å². The summed E-state index contributed by atoms with van der Waals surface area (Å²) in [6.07, 6.45) is 1.82. The second-order valence-electron chi connectivity index (χ2n) is 4.54. The average molecular weight is 218 g/mol. The molecule has 0 aromatic heterocycles. The summed E-state index contributed by atoms with van der Waals surface area (Å²) in [6, 6.07) is 7.29. The van der Waals surface area contributed by atoms with Crippen molar-refractivity contribution >= 4 is 5.78 Å². The Labute approximate surface area is 94.0 Å². The number of aliphatic hydroxyl groups is 1. The van der Waals surface area contributed by atoms with Crippen LogP contribution in [0.1, 0.15) is 29.6 Å². The molecular formula is C13H14O3. The van der Waals surface area contributed by atoms with Crippen molar-refractivity contribution in [1.29, 1.82) is 0 Å². The third-order valence-corrected chi connectivity index (χ3v) is 3.54. The number of ketones is 1. The number of rotatable bonds is 0. The van der Waals surface area contributed by atoms with Gasteiger partial charge in [0.15, 0.2) is 5.78 Å². The molecule has 0 unspecified atom stereocenters. The monoisotopic (exact) mass is 218 g/mol. The number of ether oxygens (including phenoxy) is 1. The highest BCUT2D eigenvalue weighted by molar-refractivity contribution is 6.02. The quantitative estimate of drug-likeness (QED) is 0.722. The Morgan fingerprint density at radius 2 is 2.06 bits per heavy atom. The normalized spacial score (nSPS) is 32.6. The van der Waals surface area contributed by atoms with Gasteiger partial charge < -0.3 is 9.84 Å². The van der Waals surface area contributed by atoms with Crippen molar-refractivity contribution in [3.05, 3.63) is 29.8 Å². The number of fused-ring (bicyclic) bond motifs is 2. The lowest BCUT2D eigenvalue weighted by Gasteiger charge is -2.38. The number of para-hydroxylation sites is 1. The Morgan fingerprint density at radius 3 is 2.94 bits per heavy atom. The second kappa shape index (κ2) is 3.59. The first-order valence-electron chi connectivity index (χ1n) is 5.75. The molecule has 0 saturated heterocycles. The predicted molar refractivity (Wildman–Crippen MR) is 58.5 cm³/mol. The van der Waals surface area contributed by atoms with Crippen molar-refractivity contribution in [2.24, 2.45) is 5.92 Å². The van der Waals surface area contributed by atoms with Crippen molar-refractivity contribution in [1.82, 2.24) is 0 Å². The van der Waals surface area contributed by atoms with E-state index in [9.17, 15) is 9.90 Å². The SMILES string of the molecule is O=C1c2ccccc2O[C@H]2CCC[C@@H](O)[C@@H]12. The Bertz CT molecular complexity index is 427. The fourth-order valence-electron chi connectivity index (χ4n) is 2.73. The summed E-state index contributed by atoms with van der Waals surface area (Å²) in [5.74, 6) is 0.352. The van der Waals surface area contributed by atoms with E-state index in [4.69, 9.17) is 4.74 Å². The molecule has 1 fully saturated rings. The lowest BCUT2D eigenvalue weighted by molar-refractivity contribution is -0.00948. The number of hydrogen-bond donors (Lipinski definition) is 1. The topological polar surface area (TPSA) is 46.5 Å². The molecule has 3 atom stereocenters. The second-order valence-corrected chi connectivity index (χ2v) is 4.54. The maximum atomic E-state index is 12.2. The molecule has 0 amide bonds. The van der Waals surface area contributed by atoms with Crippen molar-refractivity contribution < 1.29 is 14.6 Å². The predicted octanol–water partition coefficient (Wildman–Crippen LogP) is 1.79. The first-order chi connectivity index (χ1) is 7.77. The molecule has 1 aliphatic carbocycles. The van der Waals surface area contributed by atoms with Gasteiger partial charge in [-0.2, -0.15) is 0 Å². The molecule has 1 aromatic rings. The Morgan fingerprint density at radius 1 is 1.25 bits per heavy atom. The van der Waals surface area contributed by atoms with Crippen LogP contribution in [0.25, 0.3) is 0 Å². The molecule has 1 saturated carbocycles. The minimum atomic E-state index is -0.542. The lowest BCUT2D eigenvalue weighted by atomic mass is 9.77. The molecule has 3 nitrogen and oxygen atoms in total. The van der Waals surface area contributed by atoms with Crippen LogP contribution in [-0.2, 0) is 0 Å². The third kappa shape index (κ3) is 1.35. The van der Waals surface area contributed by atoms with Crippen LogP contribution >= 0.6 is 0 Å². The van der Waals surface area contributed by atoms with Gasteiger partial charge in [0.05, 0.1) is 17.6 Å². The molecule has 1 heterocycles. The van der Waals surface area contributed by atoms with Crippen molar-refractivity contribution in [3.63, 3.8) is 0 Å². The molecule has 3 heteroatoms. The Balaban J connectivity index is 2.03. The van der Waals surface area contributed by atoms with Gasteiger partial charge in [0.1, 0.15) is 11.9 Å². The molecule has 16 heavy (non-hydrogen) atoms. The lowest BCUT2D eigenvalue weighted by Crippen LogP contribution is -2.47. The fraction of sp³-hybridized carbons (Fsp3) is 0.462. The number of hydrogen-bond acceptors (Lipinski definition) is 3. The van der Waals surface area contributed by atoms with Crippen LogP contribution in [0.4, 0.5) is 0 Å². The van der Waals surface area contributed by atoms with Crippen LogP contribution < -0.4 is 4.74 Å². The van der Waals surface area contributed by atoms with Gasteiger partial charge in [-0.1, -0.05) is 12.1 Å². The minimum absolute atomic E-state index is 0.0408. The summed E-state index contributed by atoms with van der Waals surface area (Å²) in [4.78, 5) is 12.2. The highest BCUT2D eigenvalue weighted by Crippen LogP contribution is 2.37. The van der Waals surface area contributed by atoms with E-state index in [0.717, 1.165) is 12.8 Å². The molecule has 0 spiro atoms. The number of benzene rings is 1. The van der Waals surface area contributed by atoms with Gasteiger partial charge in [-0.25, -0.2) is 0 Å². The first-order valence-corrected chi connectivity index (χ1v) is 5.75. The van der Waals surface area contributed by atoms with Crippen LogP contribution in [0.2, 0.25) is 0 Å². The smallest absolute Gasteiger partial charge is 0.175 e. The van der Waals surface area contributed by atoms with E-state index in [0.29, 0.717) is 17.7 Å². The molecule has 1 aromatic carbocycles. The largest absolute Gasteiger partial charge is 0.489 e. The van der Waals surface area contributed by atoms with Crippen molar-refractivity contribution in [3.8, 4) is 5.75 Å². The van der Waals surface area contributed by atoms with E-state index in [1.54, 1.807) is 6.07 Å². The molecule has 84 valence electrons. The number of carbonyl (C=O) groups is 1. The summed E-state index contributed by atoms with van der Waals surface area (Å²) in [6.45, 7) is 0. The molecular weight excluding hydrogens is 204 g/mol. The third-order valence-electron chi connectivity index (χ3n) is 3.54. The molecule has 2 aliphatic rings. The van der Waals surface area contributed by atoms with Gasteiger partial charge >= 0.3 is 0 Å². The maximum Gasteiger partial charge on any atom is 0.175 e. The van der Waals surface area contributed by atoms with E-state index >= 15 is 0 Å².